The number of amides is 1. The van der Waals surface area contributed by atoms with Crippen LogP contribution in [0.25, 0.3) is 0 Å². The van der Waals surface area contributed by atoms with Crippen molar-refractivity contribution in [3.63, 3.8) is 0 Å². The molecule has 0 aliphatic heterocycles. The number of carboxylic acids is 1. The van der Waals surface area contributed by atoms with Gasteiger partial charge in [0.1, 0.15) is 12.4 Å². The van der Waals surface area contributed by atoms with Gasteiger partial charge >= 0.3 is 5.97 Å². The molecule has 1 aromatic rings. The Morgan fingerprint density at radius 1 is 1.47 bits per heavy atom. The lowest BCUT2D eigenvalue weighted by Gasteiger charge is -2.19. The van der Waals surface area contributed by atoms with E-state index in [0.717, 1.165) is 11.0 Å². The Bertz CT molecular complexity index is 450. The predicted octanol–water partition coefficient (Wildman–Crippen LogP) is 2.13. The number of hydrogen-bond donors (Lipinski definition) is 1. The molecule has 0 bridgehead atoms. The molecule has 0 aliphatic rings. The van der Waals surface area contributed by atoms with Gasteiger partial charge in [0.05, 0.1) is 5.56 Å². The molecule has 0 radical (unpaired) electrons. The van der Waals surface area contributed by atoms with Crippen molar-refractivity contribution in [2.24, 2.45) is 0 Å². The van der Waals surface area contributed by atoms with E-state index in [-0.39, 0.29) is 12.1 Å². The van der Waals surface area contributed by atoms with Gasteiger partial charge in [0.2, 0.25) is 0 Å². The molecule has 6 heteroatoms. The molecule has 0 saturated carbocycles. The van der Waals surface area contributed by atoms with E-state index in [1.54, 1.807) is 6.92 Å². The molecule has 4 nitrogen and oxygen atoms in total. The molecule has 1 N–H and O–H groups in total. The molecular weight excluding hydrogens is 293 g/mol. The molecule has 0 fully saturated rings. The van der Waals surface area contributed by atoms with Gasteiger partial charge in [-0.2, -0.15) is 0 Å². The summed E-state index contributed by atoms with van der Waals surface area (Å²) in [6.07, 6.45) is 0. The van der Waals surface area contributed by atoms with E-state index in [1.807, 2.05) is 0 Å². The van der Waals surface area contributed by atoms with Crippen LogP contribution in [0.2, 0.25) is 0 Å². The monoisotopic (exact) mass is 303 g/mol. The largest absolute Gasteiger partial charge is 0.480 e. The number of nitrogens with zero attached hydrogens (tertiary/aromatic N) is 1. The molecule has 1 rings (SSSR count). The van der Waals surface area contributed by atoms with Gasteiger partial charge in [-0.15, -0.1) is 0 Å². The number of carboxylic acid groups (broad SMARTS) is 1. The topological polar surface area (TPSA) is 57.6 Å². The van der Waals surface area contributed by atoms with Gasteiger partial charge in [0.25, 0.3) is 5.91 Å². The van der Waals surface area contributed by atoms with Crippen LogP contribution in [0.5, 0.6) is 0 Å². The van der Waals surface area contributed by atoms with Crippen LogP contribution < -0.4 is 0 Å². The Morgan fingerprint density at radius 3 is 2.65 bits per heavy atom. The molecule has 0 unspecified atom stereocenters. The maximum absolute atomic E-state index is 13.0. The average Bonchev–Trinajstić information content (AvgIpc) is 2.28. The van der Waals surface area contributed by atoms with Gasteiger partial charge in [0, 0.05) is 11.0 Å². The third kappa shape index (κ3) is 3.52. The van der Waals surface area contributed by atoms with Crippen molar-refractivity contribution in [1.82, 2.24) is 4.90 Å². The zero-order valence-electron chi connectivity index (χ0n) is 9.11. The summed E-state index contributed by atoms with van der Waals surface area (Å²) in [5.41, 5.74) is 0.119. The van der Waals surface area contributed by atoms with Gasteiger partial charge < -0.3 is 10.0 Å². The Labute approximate surface area is 106 Å². The zero-order chi connectivity index (χ0) is 13.0. The summed E-state index contributed by atoms with van der Waals surface area (Å²) >= 11 is 3.13. The summed E-state index contributed by atoms with van der Waals surface area (Å²) in [5, 5.41) is 8.66. The van der Waals surface area contributed by atoms with Crippen molar-refractivity contribution >= 4 is 27.8 Å². The molecule has 0 aromatic heterocycles. The van der Waals surface area contributed by atoms with Gasteiger partial charge in [-0.1, -0.05) is 0 Å². The normalized spacial score (nSPS) is 10.1. The summed E-state index contributed by atoms with van der Waals surface area (Å²) in [6.45, 7) is 1.50. The van der Waals surface area contributed by atoms with Crippen molar-refractivity contribution in [3.05, 3.63) is 34.1 Å². The van der Waals surface area contributed by atoms with Gasteiger partial charge in [-0.25, -0.2) is 4.39 Å². The van der Waals surface area contributed by atoms with Crippen molar-refractivity contribution in [2.45, 2.75) is 6.92 Å². The molecular formula is C11H11BrFNO3. The molecule has 1 amide bonds. The minimum atomic E-state index is -1.10. The van der Waals surface area contributed by atoms with Gasteiger partial charge in [0.15, 0.2) is 0 Å². The smallest absolute Gasteiger partial charge is 0.323 e. The number of carbonyl (C=O) groups excluding carboxylic acids is 1. The SMILES string of the molecule is CCN(CC(=O)O)C(=O)c1cc(F)ccc1Br. The third-order valence-electron chi connectivity index (χ3n) is 2.15. The first-order chi connectivity index (χ1) is 7.95. The number of likely N-dealkylation sites (N-methyl/N-ethyl adjacent to an activating group) is 1. The summed E-state index contributed by atoms with van der Waals surface area (Å²) in [7, 11) is 0. The van der Waals surface area contributed by atoms with Crippen LogP contribution >= 0.6 is 15.9 Å². The molecule has 0 spiro atoms. The molecule has 0 heterocycles. The Kier molecular flexibility index (Phi) is 4.62. The van der Waals surface area contributed by atoms with E-state index < -0.39 is 24.2 Å². The van der Waals surface area contributed by atoms with Crippen LogP contribution in [0.1, 0.15) is 17.3 Å². The lowest BCUT2D eigenvalue weighted by atomic mass is 10.2. The molecule has 0 saturated heterocycles. The fourth-order valence-corrected chi connectivity index (χ4v) is 1.74. The van der Waals surface area contributed by atoms with E-state index in [1.165, 1.54) is 12.1 Å². The standard InChI is InChI=1S/C11H11BrFNO3/c1-2-14(6-10(15)16)11(17)8-5-7(13)3-4-9(8)12/h3-5H,2,6H2,1H3,(H,15,16). The van der Waals surface area contributed by atoms with Crippen LogP contribution in [0, 0.1) is 5.82 Å². The summed E-state index contributed by atoms with van der Waals surface area (Å²) in [6, 6.07) is 3.71. The van der Waals surface area contributed by atoms with Crippen molar-refractivity contribution in [3.8, 4) is 0 Å². The molecule has 0 aliphatic carbocycles. The van der Waals surface area contributed by atoms with Crippen molar-refractivity contribution in [2.75, 3.05) is 13.1 Å². The van der Waals surface area contributed by atoms with E-state index >= 15 is 0 Å². The predicted molar refractivity (Wildman–Crippen MR) is 63.3 cm³/mol. The second-order valence-corrected chi connectivity index (χ2v) is 4.19. The van der Waals surface area contributed by atoms with E-state index in [4.69, 9.17) is 5.11 Å². The Hall–Kier alpha value is -1.43. The minimum absolute atomic E-state index is 0.119. The number of carbonyl (C=O) groups is 2. The number of rotatable bonds is 4. The fraction of sp³-hybridized carbons (Fsp3) is 0.273. The van der Waals surface area contributed by atoms with Crippen LogP contribution in [-0.4, -0.2) is 35.0 Å². The quantitative estimate of drug-likeness (QED) is 0.927. The first-order valence-corrected chi connectivity index (χ1v) is 5.71. The molecule has 17 heavy (non-hydrogen) atoms. The van der Waals surface area contributed by atoms with E-state index in [2.05, 4.69) is 15.9 Å². The number of aliphatic carboxylic acids is 1. The van der Waals surface area contributed by atoms with Crippen molar-refractivity contribution in [1.29, 1.82) is 0 Å². The number of hydrogen-bond acceptors (Lipinski definition) is 2. The van der Waals surface area contributed by atoms with Crippen LogP contribution in [0.15, 0.2) is 22.7 Å². The fourth-order valence-electron chi connectivity index (χ4n) is 1.32. The summed E-state index contributed by atoms with van der Waals surface area (Å²) < 4.78 is 13.5. The summed E-state index contributed by atoms with van der Waals surface area (Å²) in [5.74, 6) is -2.16. The molecule has 92 valence electrons. The Balaban J connectivity index is 3.01. The first-order valence-electron chi connectivity index (χ1n) is 4.91. The average molecular weight is 304 g/mol. The lowest BCUT2D eigenvalue weighted by Crippen LogP contribution is -2.35. The molecule has 0 atom stereocenters. The highest BCUT2D eigenvalue weighted by Crippen LogP contribution is 2.19. The van der Waals surface area contributed by atoms with Crippen LogP contribution in [-0.2, 0) is 4.79 Å². The van der Waals surface area contributed by atoms with E-state index in [0.29, 0.717) is 4.47 Å². The van der Waals surface area contributed by atoms with Crippen LogP contribution in [0.4, 0.5) is 4.39 Å². The lowest BCUT2D eigenvalue weighted by molar-refractivity contribution is -0.137. The maximum atomic E-state index is 13.0. The second kappa shape index (κ2) is 5.77. The highest BCUT2D eigenvalue weighted by molar-refractivity contribution is 9.10. The number of halogens is 2. The number of benzene rings is 1. The first kappa shape index (κ1) is 13.6. The second-order valence-electron chi connectivity index (χ2n) is 3.34. The van der Waals surface area contributed by atoms with E-state index in [9.17, 15) is 14.0 Å². The zero-order valence-corrected chi connectivity index (χ0v) is 10.7. The highest BCUT2D eigenvalue weighted by atomic mass is 79.9. The maximum Gasteiger partial charge on any atom is 0.323 e. The van der Waals surface area contributed by atoms with Crippen LogP contribution in [0.3, 0.4) is 0 Å². The Morgan fingerprint density at radius 2 is 2.12 bits per heavy atom. The van der Waals surface area contributed by atoms with Gasteiger partial charge in [-0.3, -0.25) is 9.59 Å². The van der Waals surface area contributed by atoms with Gasteiger partial charge in [-0.05, 0) is 41.1 Å². The highest BCUT2D eigenvalue weighted by Gasteiger charge is 2.19. The third-order valence-corrected chi connectivity index (χ3v) is 2.85. The summed E-state index contributed by atoms with van der Waals surface area (Å²) in [4.78, 5) is 23.7. The van der Waals surface area contributed by atoms with Crippen molar-refractivity contribution < 1.29 is 19.1 Å². The minimum Gasteiger partial charge on any atom is -0.480 e. The molecule has 1 aromatic carbocycles.